The van der Waals surface area contributed by atoms with Crippen molar-refractivity contribution in [2.75, 3.05) is 31.1 Å². The molecule has 2 heterocycles. The molecule has 2 aliphatic rings. The molecule has 1 saturated heterocycles. The summed E-state index contributed by atoms with van der Waals surface area (Å²) in [5.74, 6) is 0.512. The molecule has 0 radical (unpaired) electrons. The average molecular weight is 338 g/mol. The lowest BCUT2D eigenvalue weighted by molar-refractivity contribution is 0.102. The monoisotopic (exact) mass is 338 g/mol. The Morgan fingerprint density at radius 3 is 2.87 bits per heavy atom. The zero-order valence-corrected chi connectivity index (χ0v) is 14.3. The molecule has 0 amide bonds. The summed E-state index contributed by atoms with van der Waals surface area (Å²) in [5.41, 5.74) is 2.75. The van der Waals surface area contributed by atoms with Crippen LogP contribution in [0.25, 0.3) is 0 Å². The minimum atomic E-state index is -2.90. The highest BCUT2D eigenvalue weighted by molar-refractivity contribution is 7.91. The maximum atomic E-state index is 11.6. The third-order valence-corrected chi connectivity index (χ3v) is 6.60. The molecule has 1 aromatic rings. The lowest BCUT2D eigenvalue weighted by Gasteiger charge is -2.31. The quantitative estimate of drug-likeness (QED) is 0.822. The van der Waals surface area contributed by atoms with Gasteiger partial charge in [0.25, 0.3) is 0 Å². The lowest BCUT2D eigenvalue weighted by atomic mass is 10.00. The van der Waals surface area contributed by atoms with Gasteiger partial charge >= 0.3 is 0 Å². The molecule has 2 aliphatic heterocycles. The molecule has 6 heteroatoms. The molecule has 0 spiro atoms. The standard InChI is InChI=1S/C17H26N2O3S/c20-17(10-18-16-6-3-9-23(21,22)13-16)12-19-8-7-14-4-1-2-5-15(14)11-19/h1-2,4-5,16-18,20H,3,6-13H2/t16-,17-/m0/s1. The molecule has 0 bridgehead atoms. The summed E-state index contributed by atoms with van der Waals surface area (Å²) in [6, 6.07) is 8.45. The van der Waals surface area contributed by atoms with Crippen molar-refractivity contribution in [3.8, 4) is 0 Å². The van der Waals surface area contributed by atoms with Gasteiger partial charge < -0.3 is 10.4 Å². The van der Waals surface area contributed by atoms with Crippen LogP contribution in [0.3, 0.4) is 0 Å². The van der Waals surface area contributed by atoms with Crippen molar-refractivity contribution in [2.24, 2.45) is 0 Å². The van der Waals surface area contributed by atoms with Crippen molar-refractivity contribution >= 4 is 9.84 Å². The highest BCUT2D eigenvalue weighted by atomic mass is 32.2. The number of benzene rings is 1. The summed E-state index contributed by atoms with van der Waals surface area (Å²) in [6.07, 6.45) is 2.16. The van der Waals surface area contributed by atoms with E-state index in [4.69, 9.17) is 0 Å². The van der Waals surface area contributed by atoms with E-state index in [1.807, 2.05) is 0 Å². The first-order chi connectivity index (χ1) is 11.0. The first-order valence-corrected chi connectivity index (χ1v) is 10.2. The molecule has 0 aromatic heterocycles. The maximum Gasteiger partial charge on any atom is 0.151 e. The minimum absolute atomic E-state index is 0.00881. The Morgan fingerprint density at radius 2 is 2.09 bits per heavy atom. The molecule has 2 N–H and O–H groups in total. The number of sulfone groups is 1. The molecule has 128 valence electrons. The highest BCUT2D eigenvalue weighted by Crippen LogP contribution is 2.18. The van der Waals surface area contributed by atoms with Crippen LogP contribution in [0.2, 0.25) is 0 Å². The average Bonchev–Trinajstić information content (AvgIpc) is 2.52. The Morgan fingerprint density at radius 1 is 1.30 bits per heavy atom. The number of hydrogen-bond acceptors (Lipinski definition) is 5. The van der Waals surface area contributed by atoms with Gasteiger partial charge in [-0.1, -0.05) is 24.3 Å². The second-order valence-corrected chi connectivity index (χ2v) is 9.00. The summed E-state index contributed by atoms with van der Waals surface area (Å²) in [4.78, 5) is 2.27. The van der Waals surface area contributed by atoms with E-state index in [0.29, 0.717) is 18.8 Å². The van der Waals surface area contributed by atoms with E-state index in [2.05, 4.69) is 34.5 Å². The van der Waals surface area contributed by atoms with Crippen LogP contribution in [0, 0.1) is 0 Å². The molecular formula is C17H26N2O3S. The number of fused-ring (bicyclic) bond motifs is 1. The topological polar surface area (TPSA) is 69.6 Å². The van der Waals surface area contributed by atoms with E-state index in [1.54, 1.807) is 0 Å². The summed E-state index contributed by atoms with van der Waals surface area (Å²) in [7, 11) is -2.90. The van der Waals surface area contributed by atoms with Crippen molar-refractivity contribution in [3.05, 3.63) is 35.4 Å². The van der Waals surface area contributed by atoms with Gasteiger partial charge in [-0.15, -0.1) is 0 Å². The van der Waals surface area contributed by atoms with Gasteiger partial charge in [-0.05, 0) is 30.4 Å². The Labute approximate surface area is 138 Å². The SMILES string of the molecule is O=S1(=O)CCC[C@H](NC[C@H](O)CN2CCc3ccccc3C2)C1. The fourth-order valence-corrected chi connectivity index (χ4v) is 5.23. The molecule has 2 atom stereocenters. The first kappa shape index (κ1) is 16.9. The largest absolute Gasteiger partial charge is 0.390 e. The van der Waals surface area contributed by atoms with Crippen LogP contribution in [-0.2, 0) is 22.8 Å². The number of nitrogens with one attached hydrogen (secondary N) is 1. The Kier molecular flexibility index (Phi) is 5.36. The van der Waals surface area contributed by atoms with Crippen molar-refractivity contribution < 1.29 is 13.5 Å². The molecule has 23 heavy (non-hydrogen) atoms. The number of β-amino-alcohol motifs (C(OH)–C–C–N with tert-alkyl or cyclic N) is 1. The summed E-state index contributed by atoms with van der Waals surface area (Å²) >= 11 is 0. The number of aliphatic hydroxyl groups is 1. The molecule has 1 aromatic carbocycles. The van der Waals surface area contributed by atoms with Gasteiger partial charge in [-0.2, -0.15) is 0 Å². The number of nitrogens with zero attached hydrogens (tertiary/aromatic N) is 1. The summed E-state index contributed by atoms with van der Waals surface area (Å²) in [6.45, 7) is 2.93. The molecule has 0 unspecified atom stereocenters. The van der Waals surface area contributed by atoms with Gasteiger partial charge in [0.2, 0.25) is 0 Å². The van der Waals surface area contributed by atoms with Gasteiger partial charge in [-0.25, -0.2) is 8.42 Å². The van der Waals surface area contributed by atoms with Crippen molar-refractivity contribution in [3.63, 3.8) is 0 Å². The van der Waals surface area contributed by atoms with Gasteiger partial charge in [0.05, 0.1) is 17.6 Å². The van der Waals surface area contributed by atoms with E-state index in [9.17, 15) is 13.5 Å². The van der Waals surface area contributed by atoms with Gasteiger partial charge in [-0.3, -0.25) is 4.90 Å². The smallest absolute Gasteiger partial charge is 0.151 e. The van der Waals surface area contributed by atoms with Gasteiger partial charge in [0.15, 0.2) is 9.84 Å². The zero-order chi connectivity index (χ0) is 16.3. The van der Waals surface area contributed by atoms with Crippen molar-refractivity contribution in [1.82, 2.24) is 10.2 Å². The van der Waals surface area contributed by atoms with Crippen molar-refractivity contribution in [1.29, 1.82) is 0 Å². The van der Waals surface area contributed by atoms with Crippen LogP contribution in [0.4, 0.5) is 0 Å². The van der Waals surface area contributed by atoms with Gasteiger partial charge in [0.1, 0.15) is 0 Å². The van der Waals surface area contributed by atoms with Crippen molar-refractivity contribution in [2.45, 2.75) is 38.0 Å². The third kappa shape index (κ3) is 4.76. The van der Waals surface area contributed by atoms with E-state index in [-0.39, 0.29) is 11.8 Å². The van der Waals surface area contributed by atoms with Crippen LogP contribution in [-0.4, -0.2) is 61.7 Å². The fraction of sp³-hybridized carbons (Fsp3) is 0.647. The molecular weight excluding hydrogens is 312 g/mol. The molecule has 0 saturated carbocycles. The second kappa shape index (κ2) is 7.30. The van der Waals surface area contributed by atoms with E-state index in [0.717, 1.165) is 32.4 Å². The second-order valence-electron chi connectivity index (χ2n) is 6.77. The lowest BCUT2D eigenvalue weighted by Crippen LogP contribution is -2.46. The summed E-state index contributed by atoms with van der Waals surface area (Å²) in [5, 5.41) is 13.5. The number of hydrogen-bond donors (Lipinski definition) is 2. The van der Waals surface area contributed by atoms with E-state index in [1.165, 1.54) is 11.1 Å². The van der Waals surface area contributed by atoms with Crippen LogP contribution in [0.1, 0.15) is 24.0 Å². The Hall–Kier alpha value is -0.950. The Balaban J connectivity index is 1.44. The predicted octanol–water partition coefficient (Wildman–Crippen LogP) is 0.572. The van der Waals surface area contributed by atoms with Crippen LogP contribution in [0.15, 0.2) is 24.3 Å². The van der Waals surface area contributed by atoms with Gasteiger partial charge in [0, 0.05) is 32.2 Å². The van der Waals surface area contributed by atoms with Crippen LogP contribution < -0.4 is 5.32 Å². The fourth-order valence-electron chi connectivity index (χ4n) is 3.56. The predicted molar refractivity (Wildman–Crippen MR) is 91.1 cm³/mol. The molecule has 3 rings (SSSR count). The number of rotatable bonds is 5. The first-order valence-electron chi connectivity index (χ1n) is 8.43. The molecule has 0 aliphatic carbocycles. The zero-order valence-electron chi connectivity index (χ0n) is 13.4. The molecule has 5 nitrogen and oxygen atoms in total. The third-order valence-electron chi connectivity index (χ3n) is 4.78. The van der Waals surface area contributed by atoms with E-state index < -0.39 is 15.9 Å². The van der Waals surface area contributed by atoms with Crippen LogP contribution >= 0.6 is 0 Å². The highest BCUT2D eigenvalue weighted by Gasteiger charge is 2.25. The van der Waals surface area contributed by atoms with Crippen LogP contribution in [0.5, 0.6) is 0 Å². The maximum absolute atomic E-state index is 11.6. The minimum Gasteiger partial charge on any atom is -0.390 e. The number of aliphatic hydroxyl groups excluding tert-OH is 1. The van der Waals surface area contributed by atoms with E-state index >= 15 is 0 Å². The summed E-state index contributed by atoms with van der Waals surface area (Å²) < 4.78 is 23.3. The normalized spacial score (nSPS) is 25.7. The Bertz CT molecular complexity index is 632. The molecule has 1 fully saturated rings.